The third-order valence-electron chi connectivity index (χ3n) is 3.83. The van der Waals surface area contributed by atoms with Crippen molar-refractivity contribution in [2.24, 2.45) is 4.40 Å². The molecule has 3 aromatic rings. The van der Waals surface area contributed by atoms with Crippen molar-refractivity contribution in [3.63, 3.8) is 0 Å². The van der Waals surface area contributed by atoms with Crippen LogP contribution in [0.15, 0.2) is 51.4 Å². The minimum atomic E-state index is -4.46. The van der Waals surface area contributed by atoms with Gasteiger partial charge in [-0.1, -0.05) is 29.4 Å². The van der Waals surface area contributed by atoms with Crippen LogP contribution >= 0.6 is 0 Å². The van der Waals surface area contributed by atoms with Crippen molar-refractivity contribution in [2.45, 2.75) is 31.7 Å². The lowest BCUT2D eigenvalue weighted by Gasteiger charge is -2.13. The molecular formula is C19H17F3N2O2S. The molecule has 8 heteroatoms. The number of alkyl halides is 3. The van der Waals surface area contributed by atoms with Gasteiger partial charge in [0.1, 0.15) is 16.7 Å². The maximum absolute atomic E-state index is 12.9. The predicted molar refractivity (Wildman–Crippen MR) is 99.9 cm³/mol. The molecule has 1 aromatic heterocycles. The molecule has 0 fully saturated rings. The number of benzene rings is 2. The molecule has 0 aliphatic heterocycles. The van der Waals surface area contributed by atoms with E-state index in [-0.39, 0.29) is 5.58 Å². The molecule has 0 spiro atoms. The van der Waals surface area contributed by atoms with Crippen molar-refractivity contribution in [3.05, 3.63) is 53.6 Å². The lowest BCUT2D eigenvalue weighted by Crippen LogP contribution is -2.19. The fourth-order valence-corrected chi connectivity index (χ4v) is 2.92. The van der Waals surface area contributed by atoms with Gasteiger partial charge in [-0.3, -0.25) is 0 Å². The number of nitrogens with zero attached hydrogens (tertiary/aromatic N) is 2. The van der Waals surface area contributed by atoms with Gasteiger partial charge in [0.25, 0.3) is 0 Å². The van der Waals surface area contributed by atoms with E-state index >= 15 is 0 Å². The summed E-state index contributed by atoms with van der Waals surface area (Å²) < 4.78 is 59.5. The molecule has 0 unspecified atom stereocenters. The minimum absolute atomic E-state index is 0.0461. The lowest BCUT2D eigenvalue weighted by atomic mass is 10.0. The van der Waals surface area contributed by atoms with Gasteiger partial charge in [0.15, 0.2) is 5.58 Å². The number of hydrogen-bond donors (Lipinski definition) is 0. The maximum Gasteiger partial charge on any atom is 0.416 e. The van der Waals surface area contributed by atoms with Crippen molar-refractivity contribution in [2.75, 3.05) is 0 Å². The van der Waals surface area contributed by atoms with Crippen LogP contribution in [-0.4, -0.2) is 20.3 Å². The van der Waals surface area contributed by atoms with Crippen molar-refractivity contribution in [1.29, 1.82) is 0 Å². The van der Waals surface area contributed by atoms with E-state index in [1.54, 1.807) is 24.3 Å². The number of fused-ring (bicyclic) bond motifs is 1. The Morgan fingerprint density at radius 2 is 1.81 bits per heavy atom. The highest BCUT2D eigenvalue weighted by Crippen LogP contribution is 2.35. The van der Waals surface area contributed by atoms with Crippen LogP contribution in [0.25, 0.3) is 22.2 Å². The Labute approximate surface area is 156 Å². The topological polar surface area (TPSA) is 55.5 Å². The van der Waals surface area contributed by atoms with E-state index in [1.807, 2.05) is 20.8 Å². The van der Waals surface area contributed by atoms with Gasteiger partial charge in [-0.2, -0.15) is 17.6 Å². The van der Waals surface area contributed by atoms with Gasteiger partial charge < -0.3 is 4.52 Å². The fraction of sp³-hybridized carbons (Fsp3) is 0.263. The highest BCUT2D eigenvalue weighted by atomic mass is 32.2. The number of aromatic nitrogens is 1. The summed E-state index contributed by atoms with van der Waals surface area (Å²) in [6, 6.07) is 10.4. The van der Waals surface area contributed by atoms with Gasteiger partial charge in [0, 0.05) is 22.7 Å². The van der Waals surface area contributed by atoms with Gasteiger partial charge in [-0.25, -0.2) is 4.21 Å². The lowest BCUT2D eigenvalue weighted by molar-refractivity contribution is -0.137. The number of hydrogen-bond acceptors (Lipinski definition) is 3. The molecule has 1 atom stereocenters. The molecular weight excluding hydrogens is 377 g/mol. The Bertz CT molecular complexity index is 1030. The Hall–Kier alpha value is -2.48. The molecule has 1 heterocycles. The predicted octanol–water partition coefficient (Wildman–Crippen LogP) is 5.39. The second kappa shape index (κ2) is 6.92. The van der Waals surface area contributed by atoms with E-state index in [0.29, 0.717) is 22.2 Å². The van der Waals surface area contributed by atoms with Gasteiger partial charge >= 0.3 is 6.18 Å². The van der Waals surface area contributed by atoms with Crippen molar-refractivity contribution < 1.29 is 21.9 Å². The first-order valence-electron chi connectivity index (χ1n) is 8.09. The molecule has 2 aromatic carbocycles. The maximum atomic E-state index is 12.9. The zero-order valence-electron chi connectivity index (χ0n) is 14.9. The summed E-state index contributed by atoms with van der Waals surface area (Å²) in [5, 5.41) is 4.40. The van der Waals surface area contributed by atoms with Crippen molar-refractivity contribution >= 4 is 28.2 Å². The third-order valence-corrected chi connectivity index (χ3v) is 5.17. The largest absolute Gasteiger partial charge is 0.416 e. The first kappa shape index (κ1) is 19.3. The fourth-order valence-electron chi connectivity index (χ4n) is 2.40. The Morgan fingerprint density at radius 3 is 2.48 bits per heavy atom. The van der Waals surface area contributed by atoms with E-state index < -0.39 is 27.5 Å². The normalized spacial score (nSPS) is 14.1. The van der Waals surface area contributed by atoms with Crippen molar-refractivity contribution in [3.8, 4) is 11.3 Å². The summed E-state index contributed by atoms with van der Waals surface area (Å²) in [5.41, 5.74) is 0.927. The molecule has 0 saturated heterocycles. The number of rotatable bonds is 3. The van der Waals surface area contributed by atoms with Crippen LogP contribution in [0.5, 0.6) is 0 Å². The smallest absolute Gasteiger partial charge is 0.356 e. The molecule has 0 aliphatic rings. The van der Waals surface area contributed by atoms with Crippen LogP contribution in [0.4, 0.5) is 13.2 Å². The summed E-state index contributed by atoms with van der Waals surface area (Å²) in [7, 11) is -1.43. The quantitative estimate of drug-likeness (QED) is 0.559. The molecule has 0 saturated carbocycles. The van der Waals surface area contributed by atoms with Crippen LogP contribution in [-0.2, 0) is 17.2 Å². The Morgan fingerprint density at radius 1 is 1.11 bits per heavy atom. The van der Waals surface area contributed by atoms with Gasteiger partial charge in [-0.15, -0.1) is 0 Å². The highest BCUT2D eigenvalue weighted by Gasteiger charge is 2.31. The van der Waals surface area contributed by atoms with Crippen LogP contribution in [0, 0.1) is 0 Å². The second-order valence-corrected chi connectivity index (χ2v) is 8.86. The van der Waals surface area contributed by atoms with E-state index in [1.165, 1.54) is 12.3 Å². The van der Waals surface area contributed by atoms with Gasteiger partial charge in [0.2, 0.25) is 0 Å². The molecule has 0 N–H and O–H groups in total. The van der Waals surface area contributed by atoms with E-state index in [0.717, 1.165) is 12.1 Å². The first-order valence-corrected chi connectivity index (χ1v) is 9.20. The van der Waals surface area contributed by atoms with Crippen LogP contribution in [0.1, 0.15) is 31.9 Å². The number of halogens is 3. The summed E-state index contributed by atoms with van der Waals surface area (Å²) >= 11 is 0. The summed E-state index contributed by atoms with van der Waals surface area (Å²) in [6.07, 6.45) is -2.97. The van der Waals surface area contributed by atoms with Gasteiger partial charge in [-0.05, 0) is 39.0 Å². The monoisotopic (exact) mass is 394 g/mol. The molecule has 0 aliphatic carbocycles. The third kappa shape index (κ3) is 4.10. The molecule has 3 rings (SSSR count). The highest BCUT2D eigenvalue weighted by molar-refractivity contribution is 7.85. The van der Waals surface area contributed by atoms with E-state index in [4.69, 9.17) is 4.52 Å². The van der Waals surface area contributed by atoms with Crippen LogP contribution in [0.3, 0.4) is 0 Å². The molecule has 0 radical (unpaired) electrons. The molecule has 0 amide bonds. The zero-order valence-corrected chi connectivity index (χ0v) is 15.7. The molecule has 142 valence electrons. The Kier molecular flexibility index (Phi) is 4.94. The SMILES string of the molecule is CC(C)(C)[S@](=O)/N=C/c1ccccc1-c1noc2cc(C(F)(F)F)ccc12. The summed E-state index contributed by atoms with van der Waals surface area (Å²) in [4.78, 5) is 0. The first-order chi connectivity index (χ1) is 12.6. The molecule has 27 heavy (non-hydrogen) atoms. The standard InChI is InChI=1S/C19H17F3N2O2S/c1-18(2,3)27(25)23-11-12-6-4-5-7-14(12)17-15-9-8-13(19(20,21)22)10-16(15)26-24-17/h4-11H,1-3H3/b23-11+/t27-/m0/s1. The average molecular weight is 394 g/mol. The average Bonchev–Trinajstić information content (AvgIpc) is 3.01. The molecule has 4 nitrogen and oxygen atoms in total. The summed E-state index contributed by atoms with van der Waals surface area (Å²) in [6.45, 7) is 5.45. The minimum Gasteiger partial charge on any atom is -0.356 e. The summed E-state index contributed by atoms with van der Waals surface area (Å²) in [5.74, 6) is 0. The van der Waals surface area contributed by atoms with E-state index in [2.05, 4.69) is 9.55 Å². The van der Waals surface area contributed by atoms with Crippen molar-refractivity contribution in [1.82, 2.24) is 5.16 Å². The zero-order chi connectivity index (χ0) is 19.8. The van der Waals surface area contributed by atoms with Crippen LogP contribution < -0.4 is 0 Å². The van der Waals surface area contributed by atoms with Gasteiger partial charge in [0.05, 0.1) is 10.3 Å². The second-order valence-electron chi connectivity index (χ2n) is 6.92. The molecule has 0 bridgehead atoms. The van der Waals surface area contributed by atoms with E-state index in [9.17, 15) is 17.4 Å². The van der Waals surface area contributed by atoms with Crippen LogP contribution in [0.2, 0.25) is 0 Å². The Balaban J connectivity index is 2.05.